The highest BCUT2D eigenvalue weighted by Gasteiger charge is 2.34. The molecule has 0 aliphatic carbocycles. The van der Waals surface area contributed by atoms with Crippen LogP contribution in [0, 0.1) is 0 Å². The Morgan fingerprint density at radius 2 is 1.61 bits per heavy atom. The van der Waals surface area contributed by atoms with E-state index in [1.807, 2.05) is 0 Å². The van der Waals surface area contributed by atoms with E-state index >= 15 is 0 Å². The number of carbonyl (C=O) groups excluding carboxylic acids is 2. The van der Waals surface area contributed by atoms with Gasteiger partial charge in [0, 0.05) is 10.6 Å². The number of para-hydroxylation sites is 1. The van der Waals surface area contributed by atoms with Gasteiger partial charge in [0.25, 0.3) is 11.8 Å². The summed E-state index contributed by atoms with van der Waals surface area (Å²) in [4.78, 5) is 24.0. The molecule has 0 saturated heterocycles. The van der Waals surface area contributed by atoms with Gasteiger partial charge in [-0.3, -0.25) is 20.4 Å². The SMILES string of the molecule is O=C(NNC(=O)c1cn(-c2ccccc2C(F)(F)F)nn1)c1ccc(Cl)cc1. The lowest BCUT2D eigenvalue weighted by Crippen LogP contribution is -2.41. The average Bonchev–Trinajstić information content (AvgIpc) is 3.16. The molecule has 144 valence electrons. The highest BCUT2D eigenvalue weighted by atomic mass is 35.5. The summed E-state index contributed by atoms with van der Waals surface area (Å²) in [5.41, 5.74) is 3.02. The highest BCUT2D eigenvalue weighted by Crippen LogP contribution is 2.33. The van der Waals surface area contributed by atoms with Gasteiger partial charge in [-0.15, -0.1) is 5.10 Å². The molecule has 0 fully saturated rings. The van der Waals surface area contributed by atoms with Crippen LogP contribution in [0.2, 0.25) is 5.02 Å². The molecule has 7 nitrogen and oxygen atoms in total. The average molecular weight is 410 g/mol. The van der Waals surface area contributed by atoms with Gasteiger partial charge in [-0.25, -0.2) is 4.68 Å². The van der Waals surface area contributed by atoms with Gasteiger partial charge < -0.3 is 0 Å². The number of alkyl halides is 3. The van der Waals surface area contributed by atoms with Crippen molar-refractivity contribution in [3.8, 4) is 5.69 Å². The van der Waals surface area contributed by atoms with Crippen molar-refractivity contribution in [1.82, 2.24) is 25.8 Å². The molecule has 0 aliphatic rings. The van der Waals surface area contributed by atoms with Crippen LogP contribution in [0.25, 0.3) is 5.69 Å². The maximum atomic E-state index is 13.1. The molecule has 0 radical (unpaired) electrons. The molecule has 1 heterocycles. The van der Waals surface area contributed by atoms with E-state index < -0.39 is 23.6 Å². The number of carbonyl (C=O) groups is 2. The molecule has 3 aromatic rings. The first kappa shape index (κ1) is 19.4. The minimum atomic E-state index is -4.60. The minimum absolute atomic E-state index is 0.243. The van der Waals surface area contributed by atoms with E-state index in [1.165, 1.54) is 42.5 Å². The Hall–Kier alpha value is -3.40. The molecule has 0 saturated carbocycles. The molecule has 0 bridgehead atoms. The minimum Gasteiger partial charge on any atom is -0.267 e. The van der Waals surface area contributed by atoms with Crippen molar-refractivity contribution >= 4 is 23.4 Å². The smallest absolute Gasteiger partial charge is 0.267 e. The Kier molecular flexibility index (Phi) is 5.32. The van der Waals surface area contributed by atoms with Gasteiger partial charge in [0.05, 0.1) is 17.4 Å². The second-order valence-corrected chi connectivity index (χ2v) is 5.91. The van der Waals surface area contributed by atoms with Gasteiger partial charge in [0.1, 0.15) is 0 Å². The van der Waals surface area contributed by atoms with E-state index in [-0.39, 0.29) is 16.9 Å². The fraction of sp³-hybridized carbons (Fsp3) is 0.0588. The van der Waals surface area contributed by atoms with Crippen LogP contribution in [-0.2, 0) is 6.18 Å². The zero-order chi connectivity index (χ0) is 20.3. The largest absolute Gasteiger partial charge is 0.418 e. The quantitative estimate of drug-likeness (QED) is 0.651. The highest BCUT2D eigenvalue weighted by molar-refractivity contribution is 6.30. The first-order chi connectivity index (χ1) is 13.3. The Balaban J connectivity index is 1.71. The molecule has 0 spiro atoms. The van der Waals surface area contributed by atoms with Crippen LogP contribution in [-0.4, -0.2) is 26.8 Å². The fourth-order valence-corrected chi connectivity index (χ4v) is 2.38. The maximum absolute atomic E-state index is 13.1. The lowest BCUT2D eigenvalue weighted by molar-refractivity contribution is -0.137. The summed E-state index contributed by atoms with van der Waals surface area (Å²) in [6.07, 6.45) is -3.58. The monoisotopic (exact) mass is 409 g/mol. The van der Waals surface area contributed by atoms with Gasteiger partial charge in [-0.2, -0.15) is 13.2 Å². The number of amides is 2. The van der Waals surface area contributed by atoms with E-state index in [1.54, 1.807) is 0 Å². The first-order valence-corrected chi connectivity index (χ1v) is 8.08. The van der Waals surface area contributed by atoms with Gasteiger partial charge >= 0.3 is 6.18 Å². The van der Waals surface area contributed by atoms with Crippen molar-refractivity contribution < 1.29 is 22.8 Å². The molecule has 2 N–H and O–H groups in total. The second-order valence-electron chi connectivity index (χ2n) is 5.48. The summed E-state index contributed by atoms with van der Waals surface area (Å²) in [7, 11) is 0. The summed E-state index contributed by atoms with van der Waals surface area (Å²) in [6.45, 7) is 0. The maximum Gasteiger partial charge on any atom is 0.418 e. The summed E-state index contributed by atoms with van der Waals surface area (Å²) in [6, 6.07) is 10.6. The number of benzene rings is 2. The normalized spacial score (nSPS) is 11.1. The molecule has 2 aromatic carbocycles. The summed E-state index contributed by atoms with van der Waals surface area (Å²) >= 11 is 5.73. The third-order valence-corrected chi connectivity index (χ3v) is 3.83. The van der Waals surface area contributed by atoms with Crippen molar-refractivity contribution in [3.05, 3.63) is 76.6 Å². The van der Waals surface area contributed by atoms with Crippen molar-refractivity contribution in [3.63, 3.8) is 0 Å². The second kappa shape index (κ2) is 7.69. The van der Waals surface area contributed by atoms with E-state index in [0.29, 0.717) is 5.02 Å². The third kappa shape index (κ3) is 4.29. The van der Waals surface area contributed by atoms with E-state index in [9.17, 15) is 22.8 Å². The molecule has 0 atom stereocenters. The Bertz CT molecular complexity index is 1020. The van der Waals surface area contributed by atoms with Crippen LogP contribution >= 0.6 is 11.6 Å². The lowest BCUT2D eigenvalue weighted by Gasteiger charge is -2.11. The van der Waals surface area contributed by atoms with Crippen LogP contribution in [0.4, 0.5) is 13.2 Å². The molecule has 0 aliphatic heterocycles. The summed E-state index contributed by atoms with van der Waals surface area (Å²) in [5.74, 6) is -1.46. The number of nitrogens with zero attached hydrogens (tertiary/aromatic N) is 3. The molecular formula is C17H11ClF3N5O2. The van der Waals surface area contributed by atoms with E-state index in [4.69, 9.17) is 11.6 Å². The van der Waals surface area contributed by atoms with Crippen molar-refractivity contribution in [2.45, 2.75) is 6.18 Å². The zero-order valence-corrected chi connectivity index (χ0v) is 14.6. The third-order valence-electron chi connectivity index (χ3n) is 3.58. The topological polar surface area (TPSA) is 88.9 Å². The predicted octanol–water partition coefficient (Wildman–Crippen LogP) is 3.01. The number of aromatic nitrogens is 3. The molecule has 0 unspecified atom stereocenters. The Labute approximate surface area is 161 Å². The standard InChI is InChI=1S/C17H11ClF3N5O2/c18-11-7-5-10(6-8-11)15(27)23-24-16(28)13-9-26(25-22-13)14-4-2-1-3-12(14)17(19,20)21/h1-9H,(H,23,27)(H,24,28). The summed E-state index contributed by atoms with van der Waals surface area (Å²) in [5, 5.41) is 7.54. The molecular weight excluding hydrogens is 399 g/mol. The lowest BCUT2D eigenvalue weighted by atomic mass is 10.1. The van der Waals surface area contributed by atoms with Crippen molar-refractivity contribution in [1.29, 1.82) is 0 Å². The Morgan fingerprint density at radius 1 is 0.964 bits per heavy atom. The molecule has 28 heavy (non-hydrogen) atoms. The van der Waals surface area contributed by atoms with Crippen molar-refractivity contribution in [2.75, 3.05) is 0 Å². The zero-order valence-electron chi connectivity index (χ0n) is 13.9. The van der Waals surface area contributed by atoms with Gasteiger partial charge in [-0.05, 0) is 36.4 Å². The molecule has 1 aromatic heterocycles. The van der Waals surface area contributed by atoms with Gasteiger partial charge in [0.2, 0.25) is 0 Å². The number of hydrazine groups is 1. The van der Waals surface area contributed by atoms with Crippen molar-refractivity contribution in [2.24, 2.45) is 0 Å². The number of rotatable bonds is 3. The van der Waals surface area contributed by atoms with Crippen LogP contribution in [0.1, 0.15) is 26.4 Å². The van der Waals surface area contributed by atoms with Crippen LogP contribution < -0.4 is 10.9 Å². The molecule has 11 heteroatoms. The first-order valence-electron chi connectivity index (χ1n) is 7.71. The number of halogens is 4. The summed E-state index contributed by atoms with van der Waals surface area (Å²) < 4.78 is 40.1. The number of hydrogen-bond acceptors (Lipinski definition) is 4. The van der Waals surface area contributed by atoms with Gasteiger partial charge in [0.15, 0.2) is 5.69 Å². The predicted molar refractivity (Wildman–Crippen MR) is 92.7 cm³/mol. The van der Waals surface area contributed by atoms with Gasteiger partial charge in [-0.1, -0.05) is 28.9 Å². The molecule has 2 amide bonds. The van der Waals surface area contributed by atoms with Crippen LogP contribution in [0.3, 0.4) is 0 Å². The molecule has 3 rings (SSSR count). The van der Waals surface area contributed by atoms with E-state index in [2.05, 4.69) is 21.2 Å². The number of nitrogens with one attached hydrogen (secondary N) is 2. The van der Waals surface area contributed by atoms with Crippen LogP contribution in [0.15, 0.2) is 54.7 Å². The van der Waals surface area contributed by atoms with E-state index in [0.717, 1.165) is 16.9 Å². The number of hydrogen-bond donors (Lipinski definition) is 2. The van der Waals surface area contributed by atoms with Crippen LogP contribution in [0.5, 0.6) is 0 Å². The fourth-order valence-electron chi connectivity index (χ4n) is 2.25. The Morgan fingerprint density at radius 3 is 2.29 bits per heavy atom.